The number of benzene rings is 2. The molecule has 0 aromatic heterocycles. The van der Waals surface area contributed by atoms with Crippen LogP contribution in [0.5, 0.6) is 17.2 Å². The molecule has 0 radical (unpaired) electrons. The van der Waals surface area contributed by atoms with Crippen LogP contribution in [0.1, 0.15) is 142 Å². The van der Waals surface area contributed by atoms with Crippen LogP contribution in [-0.4, -0.2) is 295 Å². The Morgan fingerprint density at radius 1 is 0.798 bits per heavy atom. The van der Waals surface area contributed by atoms with Crippen LogP contribution in [0.25, 0.3) is 0 Å². The van der Waals surface area contributed by atoms with Gasteiger partial charge in [0.1, 0.15) is 68.1 Å². The third-order valence-corrected chi connectivity index (χ3v) is 27.9. The molecule has 2 aromatic rings. The molecule has 43 heteroatoms. The Balaban J connectivity index is 1.01. The van der Waals surface area contributed by atoms with Gasteiger partial charge in [0.25, 0.3) is 0 Å². The highest BCUT2D eigenvalue weighted by Crippen LogP contribution is 2.50. The lowest BCUT2D eigenvalue weighted by atomic mass is 9.75. The van der Waals surface area contributed by atoms with Crippen LogP contribution >= 0.6 is 55.9 Å². The fraction of sp³-hybridized carbons (Fsp3) is 0.640. The van der Waals surface area contributed by atoms with Crippen LogP contribution in [0.3, 0.4) is 0 Å². The van der Waals surface area contributed by atoms with E-state index in [1.54, 1.807) is 78.8 Å². The van der Waals surface area contributed by atoms with Crippen LogP contribution in [0.2, 0.25) is 0 Å². The number of urea groups is 1. The molecule has 2 aliphatic carbocycles. The summed E-state index contributed by atoms with van der Waals surface area (Å²) in [5, 5.41) is 74.5. The monoisotopic (exact) mass is 1980 g/mol. The highest BCUT2D eigenvalue weighted by atomic mass is 127. The zero-order valence-corrected chi connectivity index (χ0v) is 79.6. The van der Waals surface area contributed by atoms with Gasteiger partial charge in [0.15, 0.2) is 41.8 Å². The van der Waals surface area contributed by atoms with Crippen LogP contribution in [0.15, 0.2) is 59.3 Å². The van der Waals surface area contributed by atoms with Gasteiger partial charge in [0, 0.05) is 87.9 Å². The molecule has 2 aromatic carbocycles. The molecule has 2 bridgehead atoms. The Morgan fingerprint density at radius 3 is 2.12 bits per heavy atom. The smallest absolute Gasteiger partial charge is 0.410 e. The largest absolute Gasteiger partial charge is 0.492 e. The van der Waals surface area contributed by atoms with E-state index in [0.717, 1.165) is 11.8 Å². The second-order valence-corrected chi connectivity index (χ2v) is 37.8. The molecule has 129 heavy (non-hydrogen) atoms. The maximum Gasteiger partial charge on any atom is 0.410 e. The molecule has 0 saturated carbocycles. The summed E-state index contributed by atoms with van der Waals surface area (Å²) >= 11 is 2.76. The highest BCUT2D eigenvalue weighted by Gasteiger charge is 2.53. The van der Waals surface area contributed by atoms with E-state index in [4.69, 9.17) is 83.6 Å². The normalized spacial score (nSPS) is 28.1. The van der Waals surface area contributed by atoms with Gasteiger partial charge in [-0.15, -0.1) is 0 Å². The minimum absolute atomic E-state index is 0.00738. The number of carbonyl (C=O) groups is 9. The Hall–Kier alpha value is -7.69. The van der Waals surface area contributed by atoms with Crippen molar-refractivity contribution in [1.29, 1.82) is 0 Å². The predicted octanol–water partition coefficient (Wildman–Crippen LogP) is 3.11. The summed E-state index contributed by atoms with van der Waals surface area (Å²) in [7, 11) is 9.58. The molecule has 716 valence electrons. The number of Topliss-reactive ketones (excluding diaryl/α,β-unsaturated/α-hetero) is 1. The van der Waals surface area contributed by atoms with Crippen LogP contribution < -0.4 is 68.8 Å². The number of aliphatic hydroxyl groups is 5. The van der Waals surface area contributed by atoms with E-state index in [1.165, 1.54) is 81.1 Å². The van der Waals surface area contributed by atoms with Crippen molar-refractivity contribution in [1.82, 2.24) is 37.0 Å². The van der Waals surface area contributed by atoms with Crippen molar-refractivity contribution >= 4 is 114 Å². The molecule has 0 spiro atoms. The number of hydroxylamine groups is 1. The number of hydrogen-bond acceptors (Lipinski definition) is 34. The number of fused-ring (bicyclic) bond motifs is 2. The molecule has 0 unspecified atom stereocenters. The van der Waals surface area contributed by atoms with E-state index in [-0.39, 0.29) is 117 Å². The van der Waals surface area contributed by atoms with Gasteiger partial charge in [-0.1, -0.05) is 89.1 Å². The molecule has 22 atom stereocenters. The first-order valence-corrected chi connectivity index (χ1v) is 46.6. The number of rotatable bonds is 44. The van der Waals surface area contributed by atoms with Crippen molar-refractivity contribution in [2.45, 2.75) is 272 Å². The zero-order chi connectivity index (χ0) is 94.9. The number of allylic oxidation sites excluding steroid dienone is 3. The first kappa shape index (κ1) is 107. The molecule has 39 nitrogen and oxygen atoms in total. The first-order valence-electron chi connectivity index (χ1n) is 42.3. The number of primary amides is 2. The second-order valence-electron chi connectivity index (χ2n) is 32.5. The SMILES string of the molecule is CCN(C(=O)OCc1ccc(NC(=O)[C@H](CCCNC(N)=O)NC(=O)[C@@H](NC(=O)[C@H](CCCCN)NC(C)=O)C(C)C)cc1)[C@H]1CO[C@@H](O[C@H]2[C@H](O[C@H]3C#C/C=C\C#C[C@]4(O)CC(=O)C(NCOC)=C3/C4=C\CSSC(C)(C)CC(N)=O)O[C@H](C)[C@@H](NO[C@H]3C[C@H](O)[C@H](SC(=O)c4c(C)c(I)c(O[C@@H]5O[C@@H](C)[C@H](O)[C@@H](OC)[C@H]5O)c(OC)c4OC)[C@@H](C)O3)[C@@H]2O)C[C@@H]1OC. The number of nitrogens with two attached hydrogens (primary N) is 3. The summed E-state index contributed by atoms with van der Waals surface area (Å²) in [6.07, 6.45) is -14.3. The second kappa shape index (κ2) is 50.4. The van der Waals surface area contributed by atoms with Crippen LogP contribution in [-0.2, 0) is 87.6 Å². The van der Waals surface area contributed by atoms with Gasteiger partial charge >= 0.3 is 12.1 Å². The van der Waals surface area contributed by atoms with Gasteiger partial charge in [-0.05, 0) is 151 Å². The molecular formula is C86H124IN11O28S3. The lowest BCUT2D eigenvalue weighted by Crippen LogP contribution is -2.65. The summed E-state index contributed by atoms with van der Waals surface area (Å²) in [4.78, 5) is 128. The quantitative estimate of drug-likeness (QED) is 0.0113. The molecule has 4 aliphatic heterocycles. The van der Waals surface area contributed by atoms with Crippen molar-refractivity contribution in [3.63, 3.8) is 0 Å². The summed E-state index contributed by atoms with van der Waals surface area (Å²) in [5.41, 5.74) is 18.8. The third-order valence-electron chi connectivity index (χ3n) is 22.1. The number of aliphatic hydroxyl groups excluding tert-OH is 4. The third kappa shape index (κ3) is 28.9. The van der Waals surface area contributed by atoms with Crippen molar-refractivity contribution in [2.24, 2.45) is 23.1 Å². The molecule has 6 aliphatic rings. The lowest BCUT2D eigenvalue weighted by molar-refractivity contribution is -0.337. The number of anilines is 1. The number of thioether (sulfide) groups is 1. The number of hydrogen-bond donors (Lipinski definition) is 15. The zero-order valence-electron chi connectivity index (χ0n) is 75.0. The van der Waals surface area contributed by atoms with Gasteiger partial charge in [0.05, 0.1) is 89.9 Å². The molecule has 4 heterocycles. The highest BCUT2D eigenvalue weighted by molar-refractivity contribution is 14.1. The van der Waals surface area contributed by atoms with Gasteiger partial charge in [-0.2, -0.15) is 5.48 Å². The minimum Gasteiger partial charge on any atom is -0.492 e. The molecule has 18 N–H and O–H groups in total. The number of halogens is 1. The topological polar surface area (TPSA) is 550 Å². The van der Waals surface area contributed by atoms with Gasteiger partial charge in [0.2, 0.25) is 46.7 Å². The number of methoxy groups -OCH3 is 5. The van der Waals surface area contributed by atoms with Gasteiger partial charge in [-0.3, -0.25) is 38.4 Å². The Morgan fingerprint density at radius 2 is 1.49 bits per heavy atom. The molecule has 8 amide bonds. The fourth-order valence-electron chi connectivity index (χ4n) is 15.4. The number of unbranched alkanes of at least 4 members (excludes halogenated alkanes) is 1. The Labute approximate surface area is 776 Å². The summed E-state index contributed by atoms with van der Waals surface area (Å²) < 4.78 is 79.7. The molecular weight excluding hydrogens is 1860 g/mol. The van der Waals surface area contributed by atoms with Crippen molar-refractivity contribution in [2.75, 3.05) is 79.6 Å². The first-order chi connectivity index (χ1) is 61.3. The van der Waals surface area contributed by atoms with E-state index in [9.17, 15) is 68.7 Å². The number of carbonyl (C=O) groups excluding carboxylic acids is 9. The van der Waals surface area contributed by atoms with Crippen LogP contribution in [0.4, 0.5) is 15.3 Å². The van der Waals surface area contributed by atoms with E-state index < -0.39 is 203 Å². The molecule has 4 saturated heterocycles. The Bertz CT molecular complexity index is 4430. The minimum atomic E-state index is -2.14. The number of ether oxygens (including phenoxy) is 13. The number of ketones is 1. The predicted molar refractivity (Wildman–Crippen MR) is 483 cm³/mol. The maximum absolute atomic E-state index is 14.7. The van der Waals surface area contributed by atoms with E-state index in [2.05, 4.69) is 61.1 Å². The van der Waals surface area contributed by atoms with Crippen molar-refractivity contribution < 1.29 is 135 Å². The average molecular weight is 1980 g/mol. The van der Waals surface area contributed by atoms with E-state index >= 15 is 0 Å². The van der Waals surface area contributed by atoms with Gasteiger partial charge < -0.3 is 141 Å². The number of likely N-dealkylation sites (N-methyl/N-ethyl adjacent to an activating group) is 1. The summed E-state index contributed by atoms with van der Waals surface area (Å²) in [5.74, 6) is 8.02. The lowest BCUT2D eigenvalue weighted by Gasteiger charge is -2.47. The number of amides is 8. The van der Waals surface area contributed by atoms with E-state index in [1.807, 2.05) is 36.4 Å². The summed E-state index contributed by atoms with van der Waals surface area (Å²) in [6, 6.07) is 0.249. The fourth-order valence-corrected chi connectivity index (χ4v) is 19.6. The average Bonchev–Trinajstić information content (AvgIpc) is 0.759. The summed E-state index contributed by atoms with van der Waals surface area (Å²) in [6.45, 7) is 16.5. The maximum atomic E-state index is 14.7. The Kier molecular flexibility index (Phi) is 41.7. The van der Waals surface area contributed by atoms with Crippen molar-refractivity contribution in [3.8, 4) is 40.9 Å². The molecule has 8 rings (SSSR count). The molecule has 4 fully saturated rings. The van der Waals surface area contributed by atoms with E-state index in [0.29, 0.717) is 39.8 Å². The number of nitrogens with zero attached hydrogens (tertiary/aromatic N) is 1. The number of nitrogens with one attached hydrogen (secondary N) is 7. The van der Waals surface area contributed by atoms with Crippen molar-refractivity contribution in [3.05, 3.63) is 79.6 Å². The van der Waals surface area contributed by atoms with Gasteiger partial charge in [-0.25, -0.2) is 9.59 Å². The standard InChI is InChI=1S/C86H124IN11O28S3/c1-16-98(84(111)119-40-49-27-29-50(30-28-49)94-77(106)53(25-23-34-91-83(90)110)95-79(108)65(43(2)3)96-78(107)52(93-48(8)99)24-20-22-33-88)54-41-118-60(37-58(54)114-12)124-74-69(104)66(45(5)121-82(74)123-57-26-19-17-18-21-32-86(112)38-56(101)67(92-42-113-11)63(57)51(86)31-35-127-129-85(9,10)39-59(89)102)97-126-61-36-55(100)76(47(7)120-61)128-80(109)62-44(4)64(87)72(75(117-15)71(62)115-13)125-81-70(105)73(116-14)68(103)46(6)122-81/h17-18,27-31,43,45-47,52-55,57-58,60-61,65-66,68-70,73-74,76,81-82,92,97,100,103-105,112H,16,20,22-25,33-42,88H2,1-15H3,(H2,89,102)(H,93,99)(H,94,106)(H,95,108)(H,96,107)(H3,90,91,110)/b18-17-,51-31+/t45-,46+,47-,52+,53+,54+,55+,57+,58+,60+,61+,65+,66-,68+,69+,70-,73-,74-,76-,81+,82+,86+/m1/s1. The van der Waals surface area contributed by atoms with Crippen LogP contribution in [0, 0.1) is 40.1 Å².